The normalized spacial score (nSPS) is 14.7. The largest absolute Gasteiger partial charge is 0.303 e. The number of anilines is 2. The van der Waals surface area contributed by atoms with Gasteiger partial charge in [0, 0.05) is 16.5 Å². The summed E-state index contributed by atoms with van der Waals surface area (Å²) in [6.45, 7) is 0. The van der Waals surface area contributed by atoms with Crippen LogP contribution in [0.5, 0.6) is 0 Å². The van der Waals surface area contributed by atoms with Crippen LogP contribution in [-0.4, -0.2) is 27.3 Å². The number of aromatic nitrogens is 2. The zero-order chi connectivity index (χ0) is 22.9. The van der Waals surface area contributed by atoms with Crippen LogP contribution in [0.3, 0.4) is 0 Å². The molecule has 0 unspecified atom stereocenters. The molecule has 1 amide bonds. The van der Waals surface area contributed by atoms with Crippen LogP contribution in [0.1, 0.15) is 5.56 Å². The van der Waals surface area contributed by atoms with Crippen molar-refractivity contribution in [3.05, 3.63) is 95.9 Å². The van der Waals surface area contributed by atoms with Gasteiger partial charge < -0.3 is 0 Å². The molecule has 1 aliphatic rings. The molecule has 1 N–H and O–H groups in total. The van der Waals surface area contributed by atoms with Crippen LogP contribution in [-0.2, 0) is 4.79 Å². The molecule has 7 nitrogen and oxygen atoms in total. The van der Waals surface area contributed by atoms with E-state index in [1.807, 2.05) is 90.3 Å². The van der Waals surface area contributed by atoms with Crippen LogP contribution in [0.4, 0.5) is 10.3 Å². The summed E-state index contributed by atoms with van der Waals surface area (Å²) in [6, 6.07) is 27.2. The number of amides is 1. The van der Waals surface area contributed by atoms with Crippen LogP contribution < -0.4 is 10.4 Å². The third-order valence-corrected chi connectivity index (χ3v) is 6.92. The van der Waals surface area contributed by atoms with E-state index in [1.165, 1.54) is 27.7 Å². The second kappa shape index (κ2) is 8.62. The molecule has 0 fully saturated rings. The summed E-state index contributed by atoms with van der Waals surface area (Å²) in [4.78, 5) is 22.6. The Balaban J connectivity index is 1.36. The fraction of sp³-hybridized carbons (Fsp3) is 0. The summed E-state index contributed by atoms with van der Waals surface area (Å²) in [5.74, 6) is -0.346. The van der Waals surface area contributed by atoms with E-state index >= 15 is 0 Å². The Morgan fingerprint density at radius 1 is 0.824 bits per heavy atom. The van der Waals surface area contributed by atoms with Crippen LogP contribution >= 0.6 is 22.7 Å². The van der Waals surface area contributed by atoms with Gasteiger partial charge in [0.05, 0.1) is 15.9 Å². The molecule has 0 spiro atoms. The third-order valence-electron chi connectivity index (χ3n) is 5.17. The number of para-hydroxylation sites is 1. The van der Waals surface area contributed by atoms with Gasteiger partial charge in [-0.3, -0.25) is 10.2 Å². The van der Waals surface area contributed by atoms with Gasteiger partial charge in [-0.05, 0) is 12.1 Å². The lowest BCUT2D eigenvalue weighted by Crippen LogP contribution is -2.28. The first-order valence-corrected chi connectivity index (χ1v) is 12.1. The molecule has 0 atom stereocenters. The number of rotatable bonds is 5. The molecule has 6 rings (SSSR count). The molecule has 5 aromatic rings. The highest BCUT2D eigenvalue weighted by Gasteiger charge is 2.35. The Bertz CT molecular complexity index is 1520. The highest BCUT2D eigenvalue weighted by atomic mass is 32.1. The number of fused-ring (bicyclic) bond motifs is 1. The summed E-state index contributed by atoms with van der Waals surface area (Å²) in [6.07, 6.45) is 0. The van der Waals surface area contributed by atoms with Crippen molar-refractivity contribution in [2.75, 3.05) is 10.4 Å². The van der Waals surface area contributed by atoms with Gasteiger partial charge in [-0.2, -0.15) is 15.2 Å². The molecule has 0 aliphatic carbocycles. The van der Waals surface area contributed by atoms with Gasteiger partial charge in [0.2, 0.25) is 10.3 Å². The van der Waals surface area contributed by atoms with Crippen LogP contribution in [0, 0.1) is 0 Å². The molecular formula is C25H16N6OS2. The van der Waals surface area contributed by atoms with Gasteiger partial charge in [-0.25, -0.2) is 9.97 Å². The molecule has 0 bridgehead atoms. The molecule has 9 heteroatoms. The van der Waals surface area contributed by atoms with Gasteiger partial charge in [0.15, 0.2) is 5.71 Å². The maximum Gasteiger partial charge on any atom is 0.303 e. The Morgan fingerprint density at radius 3 is 2.29 bits per heavy atom. The number of hydrogen-bond acceptors (Lipinski definition) is 8. The molecule has 34 heavy (non-hydrogen) atoms. The van der Waals surface area contributed by atoms with Crippen LogP contribution in [0.25, 0.3) is 21.5 Å². The van der Waals surface area contributed by atoms with E-state index in [0.29, 0.717) is 16.0 Å². The topological polar surface area (TPSA) is 82.8 Å². The average Bonchev–Trinajstić information content (AvgIpc) is 3.61. The number of hydrazone groups is 2. The first kappa shape index (κ1) is 20.4. The van der Waals surface area contributed by atoms with E-state index < -0.39 is 0 Å². The van der Waals surface area contributed by atoms with Crippen molar-refractivity contribution in [2.24, 2.45) is 10.2 Å². The highest BCUT2D eigenvalue weighted by molar-refractivity contribution is 7.22. The monoisotopic (exact) mass is 480 g/mol. The van der Waals surface area contributed by atoms with E-state index in [-0.39, 0.29) is 11.6 Å². The summed E-state index contributed by atoms with van der Waals surface area (Å²) in [5.41, 5.74) is 7.10. The van der Waals surface area contributed by atoms with Crippen molar-refractivity contribution < 1.29 is 4.79 Å². The van der Waals surface area contributed by atoms with Crippen molar-refractivity contribution in [3.8, 4) is 11.3 Å². The molecule has 0 saturated heterocycles. The minimum atomic E-state index is -0.346. The molecule has 164 valence electrons. The number of nitrogens with one attached hydrogen (secondary N) is 1. The van der Waals surface area contributed by atoms with Crippen molar-refractivity contribution in [2.45, 2.75) is 0 Å². The van der Waals surface area contributed by atoms with E-state index in [0.717, 1.165) is 27.0 Å². The number of thiazole rings is 2. The van der Waals surface area contributed by atoms with Crippen molar-refractivity contribution in [1.29, 1.82) is 0 Å². The van der Waals surface area contributed by atoms with Gasteiger partial charge in [-0.15, -0.1) is 11.3 Å². The van der Waals surface area contributed by atoms with Gasteiger partial charge >= 0.3 is 5.91 Å². The fourth-order valence-corrected chi connectivity index (χ4v) is 5.13. The number of benzene rings is 3. The Labute approximate surface area is 202 Å². The lowest BCUT2D eigenvalue weighted by Gasteiger charge is -2.06. The molecule has 0 saturated carbocycles. The van der Waals surface area contributed by atoms with Gasteiger partial charge in [0.1, 0.15) is 5.71 Å². The first-order chi connectivity index (χ1) is 16.8. The number of hydrogen-bond donors (Lipinski definition) is 1. The average molecular weight is 481 g/mol. The number of carbonyl (C=O) groups is 1. The second-order valence-corrected chi connectivity index (χ2v) is 9.24. The predicted molar refractivity (Wildman–Crippen MR) is 139 cm³/mol. The lowest BCUT2D eigenvalue weighted by atomic mass is 10.1. The fourth-order valence-electron chi connectivity index (χ4n) is 3.54. The highest BCUT2D eigenvalue weighted by Crippen LogP contribution is 2.30. The Morgan fingerprint density at radius 2 is 1.53 bits per heavy atom. The van der Waals surface area contributed by atoms with Gasteiger partial charge in [0.25, 0.3) is 0 Å². The van der Waals surface area contributed by atoms with E-state index in [4.69, 9.17) is 0 Å². The lowest BCUT2D eigenvalue weighted by molar-refractivity contribution is -0.112. The summed E-state index contributed by atoms with van der Waals surface area (Å²) in [5, 5.41) is 13.4. The van der Waals surface area contributed by atoms with E-state index in [9.17, 15) is 4.79 Å². The smallest absolute Gasteiger partial charge is 0.265 e. The second-order valence-electron chi connectivity index (χ2n) is 7.37. The molecule has 1 aliphatic heterocycles. The maximum absolute atomic E-state index is 13.4. The summed E-state index contributed by atoms with van der Waals surface area (Å²) in [7, 11) is 0. The van der Waals surface area contributed by atoms with Crippen molar-refractivity contribution >= 4 is 60.5 Å². The molecular weight excluding hydrogens is 464 g/mol. The van der Waals surface area contributed by atoms with Crippen LogP contribution in [0.15, 0.2) is 101 Å². The molecule has 2 aromatic heterocycles. The van der Waals surface area contributed by atoms with Crippen molar-refractivity contribution in [1.82, 2.24) is 9.97 Å². The van der Waals surface area contributed by atoms with E-state index in [2.05, 4.69) is 25.6 Å². The summed E-state index contributed by atoms with van der Waals surface area (Å²) >= 11 is 2.84. The predicted octanol–water partition coefficient (Wildman–Crippen LogP) is 5.64. The SMILES string of the molecule is O=C1/C(=N/Nc2nc3ccccc3s2)C(c2ccccc2)=NN1c1nc(-c2ccccc2)cs1. The summed E-state index contributed by atoms with van der Waals surface area (Å²) < 4.78 is 1.04. The standard InChI is InChI=1S/C25H16N6OS2/c32-23-22(28-29-24-26-18-13-7-8-14-20(18)34-24)21(17-11-5-2-6-12-17)30-31(23)25-27-19(15-33-25)16-9-3-1-4-10-16/h1-15H,(H,26,29)/b28-22+. The van der Waals surface area contributed by atoms with Crippen molar-refractivity contribution in [3.63, 3.8) is 0 Å². The number of carbonyl (C=O) groups excluding carboxylic acids is 1. The number of nitrogens with zero attached hydrogens (tertiary/aromatic N) is 5. The zero-order valence-electron chi connectivity index (χ0n) is 17.6. The van der Waals surface area contributed by atoms with E-state index in [1.54, 1.807) is 0 Å². The molecule has 3 heterocycles. The third kappa shape index (κ3) is 3.76. The minimum Gasteiger partial charge on any atom is -0.265 e. The Kier molecular flexibility index (Phi) is 5.17. The minimum absolute atomic E-state index is 0.210. The van der Waals surface area contributed by atoms with Crippen LogP contribution in [0.2, 0.25) is 0 Å². The quantitative estimate of drug-likeness (QED) is 0.330. The van der Waals surface area contributed by atoms with Gasteiger partial charge in [-0.1, -0.05) is 84.1 Å². The molecule has 3 aromatic carbocycles. The molecule has 0 radical (unpaired) electrons. The first-order valence-electron chi connectivity index (χ1n) is 10.5. The Hall–Kier alpha value is -4.21. The maximum atomic E-state index is 13.4. The zero-order valence-corrected chi connectivity index (χ0v) is 19.3.